The molecular weight excluding hydrogens is 291 g/mol. The zero-order chi connectivity index (χ0) is 15.7. The lowest BCUT2D eigenvalue weighted by Crippen LogP contribution is -2.07. The van der Waals surface area contributed by atoms with Crippen molar-refractivity contribution in [1.29, 1.82) is 0 Å². The standard InChI is InChI=1S/C16H12F3N3/c17-16(18,19)14-5-6-21-9-13(14)10-2-4-15-11(7-10)1-3-12(8-20)22-15/h1-7,9H,8,20H2. The van der Waals surface area contributed by atoms with Crippen molar-refractivity contribution in [2.75, 3.05) is 0 Å². The fraction of sp³-hybridized carbons (Fsp3) is 0.125. The summed E-state index contributed by atoms with van der Waals surface area (Å²) < 4.78 is 39.3. The maximum atomic E-state index is 13.1. The molecule has 1 aromatic carbocycles. The van der Waals surface area contributed by atoms with Crippen molar-refractivity contribution >= 4 is 10.9 Å². The van der Waals surface area contributed by atoms with Crippen LogP contribution in [0, 0.1) is 0 Å². The fourth-order valence-electron chi connectivity index (χ4n) is 2.32. The van der Waals surface area contributed by atoms with Crippen molar-refractivity contribution in [1.82, 2.24) is 9.97 Å². The van der Waals surface area contributed by atoms with Gasteiger partial charge in [0.05, 0.1) is 16.8 Å². The highest BCUT2D eigenvalue weighted by Crippen LogP contribution is 2.37. The maximum absolute atomic E-state index is 13.1. The quantitative estimate of drug-likeness (QED) is 0.784. The van der Waals surface area contributed by atoms with Crippen LogP contribution in [0.5, 0.6) is 0 Å². The second kappa shape index (κ2) is 5.38. The monoisotopic (exact) mass is 303 g/mol. The number of fused-ring (bicyclic) bond motifs is 1. The molecule has 0 fully saturated rings. The van der Waals surface area contributed by atoms with Crippen LogP contribution in [0.3, 0.4) is 0 Å². The van der Waals surface area contributed by atoms with Gasteiger partial charge in [-0.1, -0.05) is 12.1 Å². The predicted octanol–water partition coefficient (Wildman–Crippen LogP) is 3.77. The summed E-state index contributed by atoms with van der Waals surface area (Å²) >= 11 is 0. The number of nitrogens with zero attached hydrogens (tertiary/aromatic N) is 2. The van der Waals surface area contributed by atoms with Crippen LogP contribution in [0.25, 0.3) is 22.0 Å². The van der Waals surface area contributed by atoms with Crippen LogP contribution >= 0.6 is 0 Å². The zero-order valence-corrected chi connectivity index (χ0v) is 11.4. The molecule has 22 heavy (non-hydrogen) atoms. The van der Waals surface area contributed by atoms with Gasteiger partial charge in [0.25, 0.3) is 0 Å². The van der Waals surface area contributed by atoms with Crippen molar-refractivity contribution in [3.8, 4) is 11.1 Å². The summed E-state index contributed by atoms with van der Waals surface area (Å²) in [4.78, 5) is 8.15. The Hall–Kier alpha value is -2.47. The molecule has 0 unspecified atom stereocenters. The lowest BCUT2D eigenvalue weighted by atomic mass is 10.00. The molecular formula is C16H12F3N3. The van der Waals surface area contributed by atoms with E-state index >= 15 is 0 Å². The summed E-state index contributed by atoms with van der Waals surface area (Å²) in [5.74, 6) is 0. The first-order valence-corrected chi connectivity index (χ1v) is 6.60. The number of benzene rings is 1. The Kier molecular flexibility index (Phi) is 3.54. The van der Waals surface area contributed by atoms with E-state index in [0.717, 1.165) is 23.3 Å². The number of halogens is 3. The number of hydrogen-bond donors (Lipinski definition) is 1. The van der Waals surface area contributed by atoms with Crippen LogP contribution in [0.2, 0.25) is 0 Å². The fourth-order valence-corrected chi connectivity index (χ4v) is 2.32. The minimum atomic E-state index is -4.42. The normalized spacial score (nSPS) is 11.8. The molecule has 2 N–H and O–H groups in total. The molecule has 0 bridgehead atoms. The van der Waals surface area contributed by atoms with Gasteiger partial charge >= 0.3 is 6.18 Å². The number of nitrogens with two attached hydrogens (primary N) is 1. The number of pyridine rings is 2. The van der Waals surface area contributed by atoms with Gasteiger partial charge < -0.3 is 5.73 Å². The number of rotatable bonds is 2. The number of hydrogen-bond acceptors (Lipinski definition) is 3. The highest BCUT2D eigenvalue weighted by atomic mass is 19.4. The minimum Gasteiger partial charge on any atom is -0.325 e. The molecule has 0 atom stereocenters. The van der Waals surface area contributed by atoms with Gasteiger partial charge in [0.2, 0.25) is 0 Å². The first-order chi connectivity index (χ1) is 10.5. The molecule has 0 aliphatic rings. The molecule has 0 aliphatic heterocycles. The Morgan fingerprint density at radius 1 is 1.05 bits per heavy atom. The molecule has 6 heteroatoms. The summed E-state index contributed by atoms with van der Waals surface area (Å²) in [5, 5.41) is 0.756. The predicted molar refractivity (Wildman–Crippen MR) is 77.9 cm³/mol. The highest BCUT2D eigenvalue weighted by molar-refractivity contribution is 5.85. The topological polar surface area (TPSA) is 51.8 Å². The van der Waals surface area contributed by atoms with Crippen LogP contribution < -0.4 is 5.73 Å². The Morgan fingerprint density at radius 2 is 1.86 bits per heavy atom. The maximum Gasteiger partial charge on any atom is 0.417 e. The second-order valence-corrected chi connectivity index (χ2v) is 4.83. The van der Waals surface area contributed by atoms with Crippen LogP contribution in [-0.2, 0) is 12.7 Å². The molecule has 3 rings (SSSR count). The van der Waals surface area contributed by atoms with Crippen LogP contribution in [0.1, 0.15) is 11.3 Å². The van der Waals surface area contributed by atoms with E-state index in [1.54, 1.807) is 30.3 Å². The van der Waals surface area contributed by atoms with Crippen LogP contribution in [0.4, 0.5) is 13.2 Å². The van der Waals surface area contributed by atoms with Crippen molar-refractivity contribution < 1.29 is 13.2 Å². The smallest absolute Gasteiger partial charge is 0.325 e. The summed E-state index contributed by atoms with van der Waals surface area (Å²) in [5.41, 5.74) is 6.77. The molecule has 2 heterocycles. The van der Waals surface area contributed by atoms with Gasteiger partial charge in [-0.25, -0.2) is 0 Å². The third-order valence-corrected chi connectivity index (χ3v) is 3.39. The third kappa shape index (κ3) is 2.65. The van der Waals surface area contributed by atoms with Crippen LogP contribution in [-0.4, -0.2) is 9.97 Å². The highest BCUT2D eigenvalue weighted by Gasteiger charge is 2.33. The molecule has 0 saturated heterocycles. The van der Waals surface area contributed by atoms with Gasteiger partial charge in [0, 0.05) is 29.9 Å². The minimum absolute atomic E-state index is 0.0554. The zero-order valence-electron chi connectivity index (χ0n) is 11.4. The molecule has 112 valence electrons. The molecule has 3 aromatic rings. The summed E-state index contributed by atoms with van der Waals surface area (Å²) in [6.07, 6.45) is -2.05. The summed E-state index contributed by atoms with van der Waals surface area (Å²) in [6.45, 7) is 0.318. The Labute approximate surface area is 124 Å². The van der Waals surface area contributed by atoms with Crippen molar-refractivity contribution in [3.63, 3.8) is 0 Å². The number of aromatic nitrogens is 2. The largest absolute Gasteiger partial charge is 0.417 e. The average Bonchev–Trinajstić information content (AvgIpc) is 2.53. The van der Waals surface area contributed by atoms with Crippen molar-refractivity contribution in [2.24, 2.45) is 5.73 Å². The van der Waals surface area contributed by atoms with Gasteiger partial charge in [-0.2, -0.15) is 13.2 Å². The van der Waals surface area contributed by atoms with E-state index in [2.05, 4.69) is 9.97 Å². The van der Waals surface area contributed by atoms with E-state index in [4.69, 9.17) is 5.73 Å². The van der Waals surface area contributed by atoms with E-state index in [-0.39, 0.29) is 5.56 Å². The first kappa shape index (κ1) is 14.5. The third-order valence-electron chi connectivity index (χ3n) is 3.39. The molecule has 3 nitrogen and oxygen atoms in total. The van der Waals surface area contributed by atoms with Crippen molar-refractivity contribution in [3.05, 3.63) is 60.0 Å². The van der Waals surface area contributed by atoms with Gasteiger partial charge in [-0.15, -0.1) is 0 Å². The Balaban J connectivity index is 2.15. The van der Waals surface area contributed by atoms with E-state index in [1.165, 1.54) is 6.20 Å². The Bertz CT molecular complexity index is 828. The van der Waals surface area contributed by atoms with Crippen molar-refractivity contribution in [2.45, 2.75) is 12.7 Å². The molecule has 0 amide bonds. The van der Waals surface area contributed by atoms with E-state index < -0.39 is 11.7 Å². The van der Waals surface area contributed by atoms with Crippen LogP contribution in [0.15, 0.2) is 48.8 Å². The second-order valence-electron chi connectivity index (χ2n) is 4.83. The SMILES string of the molecule is NCc1ccc2cc(-c3cnccc3C(F)(F)F)ccc2n1. The van der Waals surface area contributed by atoms with Gasteiger partial charge in [0.1, 0.15) is 0 Å². The lowest BCUT2D eigenvalue weighted by Gasteiger charge is -2.12. The average molecular weight is 303 g/mol. The molecule has 0 spiro atoms. The van der Waals surface area contributed by atoms with E-state index in [0.29, 0.717) is 17.6 Å². The molecule has 2 aromatic heterocycles. The van der Waals surface area contributed by atoms with Gasteiger partial charge in [-0.05, 0) is 29.8 Å². The van der Waals surface area contributed by atoms with E-state index in [9.17, 15) is 13.2 Å². The van der Waals surface area contributed by atoms with Gasteiger partial charge in [-0.3, -0.25) is 9.97 Å². The molecule has 0 saturated carbocycles. The summed E-state index contributed by atoms with van der Waals surface area (Å²) in [7, 11) is 0. The molecule has 0 radical (unpaired) electrons. The number of alkyl halides is 3. The summed E-state index contributed by atoms with van der Waals surface area (Å²) in [6, 6.07) is 9.53. The lowest BCUT2D eigenvalue weighted by molar-refractivity contribution is -0.137. The van der Waals surface area contributed by atoms with Gasteiger partial charge in [0.15, 0.2) is 0 Å². The first-order valence-electron chi connectivity index (χ1n) is 6.60. The Morgan fingerprint density at radius 3 is 2.59 bits per heavy atom. The molecule has 0 aliphatic carbocycles. The van der Waals surface area contributed by atoms with E-state index in [1.807, 2.05) is 0 Å².